The number of nitrogens with zero attached hydrogens (tertiary/aromatic N) is 1. The van der Waals surface area contributed by atoms with E-state index in [-0.39, 0.29) is 6.10 Å². The molecular formula is C24H27NO5. The average molecular weight is 409 g/mol. The number of aliphatic carboxylic acids is 1. The first-order valence-electron chi connectivity index (χ1n) is 10.4. The number of carboxylic acid groups (broad SMARTS) is 1. The lowest BCUT2D eigenvalue weighted by Gasteiger charge is -2.18. The Labute approximate surface area is 175 Å². The number of fused-ring (bicyclic) bond motifs is 1. The van der Waals surface area contributed by atoms with Gasteiger partial charge < -0.3 is 19.0 Å². The Kier molecular flexibility index (Phi) is 5.77. The van der Waals surface area contributed by atoms with Crippen LogP contribution in [0, 0.1) is 6.92 Å². The molecule has 0 bridgehead atoms. The molecule has 4 rings (SSSR count). The summed E-state index contributed by atoms with van der Waals surface area (Å²) in [5.74, 6) is 1.86. The van der Waals surface area contributed by atoms with Crippen LogP contribution in [0.3, 0.4) is 0 Å². The van der Waals surface area contributed by atoms with Crippen molar-refractivity contribution >= 4 is 16.7 Å². The molecule has 30 heavy (non-hydrogen) atoms. The Morgan fingerprint density at radius 3 is 2.60 bits per heavy atom. The predicted molar refractivity (Wildman–Crippen MR) is 113 cm³/mol. The molecule has 1 aliphatic rings. The lowest BCUT2D eigenvalue weighted by atomic mass is 9.99. The smallest absolute Gasteiger partial charge is 0.333 e. The highest BCUT2D eigenvalue weighted by atomic mass is 16.5. The first-order chi connectivity index (χ1) is 14.4. The summed E-state index contributed by atoms with van der Waals surface area (Å²) in [6.07, 6.45) is 1.53. The molecule has 1 N–H and O–H groups in total. The normalized spacial score (nSPS) is 14.9. The highest BCUT2D eigenvalue weighted by Gasteiger charge is 2.29. The van der Waals surface area contributed by atoms with Gasteiger partial charge >= 0.3 is 5.97 Å². The molecule has 1 aliphatic carbocycles. The molecule has 1 saturated carbocycles. The van der Waals surface area contributed by atoms with Crippen LogP contribution in [0.2, 0.25) is 0 Å². The highest BCUT2D eigenvalue weighted by Crippen LogP contribution is 2.40. The van der Waals surface area contributed by atoms with Gasteiger partial charge in [0.15, 0.2) is 12.0 Å². The molecular weight excluding hydrogens is 382 g/mol. The van der Waals surface area contributed by atoms with Crippen LogP contribution in [0.25, 0.3) is 10.8 Å². The summed E-state index contributed by atoms with van der Waals surface area (Å²) in [5.41, 5.74) is 1.74. The second-order valence-corrected chi connectivity index (χ2v) is 8.10. The number of ether oxygens (including phenoxy) is 2. The summed E-state index contributed by atoms with van der Waals surface area (Å²) >= 11 is 0. The van der Waals surface area contributed by atoms with Crippen molar-refractivity contribution in [1.29, 1.82) is 0 Å². The van der Waals surface area contributed by atoms with E-state index in [0.717, 1.165) is 52.3 Å². The third kappa shape index (κ3) is 4.49. The predicted octanol–water partition coefficient (Wildman–Crippen LogP) is 5.01. The van der Waals surface area contributed by atoms with Crippen molar-refractivity contribution < 1.29 is 23.8 Å². The Bertz CT molecular complexity index is 1050. The molecule has 158 valence electrons. The minimum Gasteiger partial charge on any atom is -0.487 e. The fourth-order valence-electron chi connectivity index (χ4n) is 3.59. The second kappa shape index (κ2) is 8.48. The Morgan fingerprint density at radius 1 is 1.20 bits per heavy atom. The van der Waals surface area contributed by atoms with E-state index in [4.69, 9.17) is 13.9 Å². The maximum atomic E-state index is 11.6. The molecule has 1 aromatic heterocycles. The molecule has 0 aliphatic heterocycles. The van der Waals surface area contributed by atoms with Crippen molar-refractivity contribution in [3.05, 3.63) is 59.3 Å². The minimum atomic E-state index is -0.957. The third-order valence-electron chi connectivity index (χ3n) is 5.29. The van der Waals surface area contributed by atoms with Crippen molar-refractivity contribution in [2.75, 3.05) is 0 Å². The molecule has 1 fully saturated rings. The van der Waals surface area contributed by atoms with Crippen LogP contribution in [0.4, 0.5) is 0 Å². The molecule has 1 heterocycles. The van der Waals surface area contributed by atoms with Crippen LogP contribution < -0.4 is 4.74 Å². The number of hydrogen-bond acceptors (Lipinski definition) is 5. The molecule has 1 unspecified atom stereocenters. The Balaban J connectivity index is 1.56. The zero-order valence-corrected chi connectivity index (χ0v) is 17.6. The van der Waals surface area contributed by atoms with Crippen molar-refractivity contribution in [1.82, 2.24) is 4.98 Å². The topological polar surface area (TPSA) is 81.8 Å². The van der Waals surface area contributed by atoms with E-state index in [1.807, 2.05) is 57.2 Å². The summed E-state index contributed by atoms with van der Waals surface area (Å²) in [7, 11) is 0. The van der Waals surface area contributed by atoms with Gasteiger partial charge in [-0.05, 0) is 50.6 Å². The van der Waals surface area contributed by atoms with Gasteiger partial charge in [0, 0.05) is 17.7 Å². The zero-order chi connectivity index (χ0) is 21.3. The van der Waals surface area contributed by atoms with Crippen LogP contribution in [0.5, 0.6) is 5.75 Å². The number of aromatic nitrogens is 1. The second-order valence-electron chi connectivity index (χ2n) is 8.10. The minimum absolute atomic E-state index is 0.161. The van der Waals surface area contributed by atoms with Gasteiger partial charge in [0.1, 0.15) is 23.8 Å². The van der Waals surface area contributed by atoms with E-state index in [2.05, 4.69) is 4.98 Å². The fraction of sp³-hybridized carbons (Fsp3) is 0.417. The number of carbonyl (C=O) groups is 1. The summed E-state index contributed by atoms with van der Waals surface area (Å²) in [5, 5.41) is 11.4. The standard InChI is InChI=1S/C24H27NO5/c1-14(2)29-22(24(26)27)12-17-10-11-21(19-7-5-4-6-18(17)19)28-13-20-15(3)30-23(25-20)16-8-9-16/h4-7,10-11,14,16,22H,8-9,12-13H2,1-3H3,(H,26,27). The van der Waals surface area contributed by atoms with Gasteiger partial charge in [-0.3, -0.25) is 0 Å². The largest absolute Gasteiger partial charge is 0.487 e. The van der Waals surface area contributed by atoms with Crippen LogP contribution in [0.15, 0.2) is 40.8 Å². The number of aryl methyl sites for hydroxylation is 1. The van der Waals surface area contributed by atoms with E-state index in [9.17, 15) is 9.90 Å². The molecule has 2 aromatic carbocycles. The fourth-order valence-corrected chi connectivity index (χ4v) is 3.59. The highest BCUT2D eigenvalue weighted by molar-refractivity contribution is 5.91. The number of oxazole rings is 1. The zero-order valence-electron chi connectivity index (χ0n) is 17.6. The van der Waals surface area contributed by atoms with Gasteiger partial charge in [0.2, 0.25) is 0 Å². The van der Waals surface area contributed by atoms with E-state index < -0.39 is 12.1 Å². The number of hydrogen-bond donors (Lipinski definition) is 1. The molecule has 6 nitrogen and oxygen atoms in total. The van der Waals surface area contributed by atoms with Crippen LogP contribution in [0.1, 0.15) is 55.5 Å². The molecule has 0 saturated heterocycles. The van der Waals surface area contributed by atoms with Crippen LogP contribution in [-0.2, 0) is 22.6 Å². The quantitative estimate of drug-likeness (QED) is 0.535. The monoisotopic (exact) mass is 409 g/mol. The maximum Gasteiger partial charge on any atom is 0.333 e. The van der Waals surface area contributed by atoms with E-state index in [1.54, 1.807) is 0 Å². The first kappa shape index (κ1) is 20.4. The first-order valence-corrected chi connectivity index (χ1v) is 10.4. The SMILES string of the molecule is Cc1oc(C2CC2)nc1COc1ccc(CC(OC(C)C)C(=O)O)c2ccccc12. The van der Waals surface area contributed by atoms with Gasteiger partial charge in [0.25, 0.3) is 0 Å². The molecule has 0 amide bonds. The Hall–Kier alpha value is -2.86. The van der Waals surface area contributed by atoms with Crippen molar-refractivity contribution in [2.24, 2.45) is 0 Å². The van der Waals surface area contributed by atoms with E-state index in [1.165, 1.54) is 0 Å². The van der Waals surface area contributed by atoms with Gasteiger partial charge in [-0.15, -0.1) is 0 Å². The lowest BCUT2D eigenvalue weighted by Crippen LogP contribution is -2.29. The van der Waals surface area contributed by atoms with Gasteiger partial charge in [-0.1, -0.05) is 30.3 Å². The number of carboxylic acids is 1. The number of rotatable bonds is 9. The van der Waals surface area contributed by atoms with Gasteiger partial charge in [-0.25, -0.2) is 9.78 Å². The van der Waals surface area contributed by atoms with Crippen molar-refractivity contribution in [3.63, 3.8) is 0 Å². The summed E-state index contributed by atoms with van der Waals surface area (Å²) in [6, 6.07) is 11.7. The van der Waals surface area contributed by atoms with Crippen molar-refractivity contribution in [2.45, 2.75) is 64.8 Å². The van der Waals surface area contributed by atoms with Gasteiger partial charge in [0.05, 0.1) is 6.10 Å². The van der Waals surface area contributed by atoms with E-state index >= 15 is 0 Å². The van der Waals surface area contributed by atoms with E-state index in [0.29, 0.717) is 18.9 Å². The summed E-state index contributed by atoms with van der Waals surface area (Å²) in [6.45, 7) is 5.93. The maximum absolute atomic E-state index is 11.6. The number of benzene rings is 2. The molecule has 3 aromatic rings. The molecule has 0 spiro atoms. The summed E-state index contributed by atoms with van der Waals surface area (Å²) in [4.78, 5) is 16.2. The average Bonchev–Trinajstić information content (AvgIpc) is 3.49. The van der Waals surface area contributed by atoms with Gasteiger partial charge in [-0.2, -0.15) is 0 Å². The van der Waals surface area contributed by atoms with Crippen LogP contribution in [-0.4, -0.2) is 28.3 Å². The lowest BCUT2D eigenvalue weighted by molar-refractivity contribution is -0.153. The molecule has 0 radical (unpaired) electrons. The summed E-state index contributed by atoms with van der Waals surface area (Å²) < 4.78 is 17.5. The van der Waals surface area contributed by atoms with Crippen molar-refractivity contribution in [3.8, 4) is 5.75 Å². The molecule has 1 atom stereocenters. The Morgan fingerprint density at radius 2 is 1.93 bits per heavy atom. The molecule has 6 heteroatoms. The third-order valence-corrected chi connectivity index (χ3v) is 5.29. The van der Waals surface area contributed by atoms with Crippen LogP contribution >= 0.6 is 0 Å².